The maximum atomic E-state index is 10.5. The molecule has 0 aromatic carbocycles. The predicted octanol–water partition coefficient (Wildman–Crippen LogP) is 0.548. The summed E-state index contributed by atoms with van der Waals surface area (Å²) < 4.78 is 0. The normalized spacial score (nSPS) is 9.50. The Morgan fingerprint density at radius 2 is 2.21 bits per heavy atom. The quantitative estimate of drug-likeness (QED) is 0.323. The molecule has 8 heteroatoms. The maximum Gasteiger partial charge on any atom is 0.314 e. The number of nitro groups is 1. The van der Waals surface area contributed by atoms with Crippen molar-refractivity contribution in [2.24, 2.45) is 16.5 Å². The molecule has 0 atom stereocenters. The first-order valence-electron chi connectivity index (χ1n) is 3.40. The van der Waals surface area contributed by atoms with Crippen LogP contribution in [0.3, 0.4) is 0 Å². The minimum atomic E-state index is -0.666. The van der Waals surface area contributed by atoms with E-state index >= 15 is 0 Å². The van der Waals surface area contributed by atoms with Crippen molar-refractivity contribution in [3.8, 4) is 0 Å². The van der Waals surface area contributed by atoms with Crippen LogP contribution < -0.4 is 11.5 Å². The number of hydrogen-bond acceptors (Lipinski definition) is 4. The summed E-state index contributed by atoms with van der Waals surface area (Å²) in [5.74, 6) is -0.304. The van der Waals surface area contributed by atoms with Crippen molar-refractivity contribution < 1.29 is 4.92 Å². The molecule has 1 rings (SSSR count). The first-order chi connectivity index (χ1) is 6.52. The van der Waals surface area contributed by atoms with Crippen molar-refractivity contribution in [3.63, 3.8) is 0 Å². The van der Waals surface area contributed by atoms with Gasteiger partial charge in [0.25, 0.3) is 0 Å². The Labute approximate surface area is 83.5 Å². The lowest BCUT2D eigenvalue weighted by molar-refractivity contribution is -0.384. The van der Waals surface area contributed by atoms with Crippen molar-refractivity contribution in [2.45, 2.75) is 0 Å². The van der Waals surface area contributed by atoms with E-state index in [0.717, 1.165) is 6.20 Å². The SMILES string of the molecule is NC(N)=Nc1c(Cl)cncc1[N+](=O)[O-]. The van der Waals surface area contributed by atoms with E-state index in [1.807, 2.05) is 0 Å². The van der Waals surface area contributed by atoms with Crippen molar-refractivity contribution in [1.29, 1.82) is 0 Å². The number of guanidine groups is 1. The van der Waals surface area contributed by atoms with Gasteiger partial charge in [-0.1, -0.05) is 11.6 Å². The van der Waals surface area contributed by atoms with Crippen molar-refractivity contribution in [2.75, 3.05) is 0 Å². The Bertz CT molecular complexity index is 401. The number of nitrogens with zero attached hydrogens (tertiary/aromatic N) is 3. The largest absolute Gasteiger partial charge is 0.370 e. The fourth-order valence-corrected chi connectivity index (χ4v) is 0.987. The third-order valence-corrected chi connectivity index (χ3v) is 1.57. The van der Waals surface area contributed by atoms with E-state index in [0.29, 0.717) is 0 Å². The van der Waals surface area contributed by atoms with E-state index in [1.165, 1.54) is 6.20 Å². The van der Waals surface area contributed by atoms with Gasteiger partial charge in [-0.3, -0.25) is 15.1 Å². The van der Waals surface area contributed by atoms with Gasteiger partial charge in [0.15, 0.2) is 11.6 Å². The molecule has 0 amide bonds. The predicted molar refractivity (Wildman–Crippen MR) is 51.4 cm³/mol. The Kier molecular flexibility index (Phi) is 2.82. The highest BCUT2D eigenvalue weighted by Gasteiger charge is 2.16. The molecular formula is C6H6ClN5O2. The molecule has 1 heterocycles. The molecule has 1 aromatic heterocycles. The highest BCUT2D eigenvalue weighted by atomic mass is 35.5. The van der Waals surface area contributed by atoms with Gasteiger partial charge in [0.2, 0.25) is 0 Å². The zero-order chi connectivity index (χ0) is 10.7. The number of halogens is 1. The van der Waals surface area contributed by atoms with E-state index in [9.17, 15) is 10.1 Å². The monoisotopic (exact) mass is 215 g/mol. The van der Waals surface area contributed by atoms with Gasteiger partial charge in [0, 0.05) is 6.20 Å². The van der Waals surface area contributed by atoms with Crippen LogP contribution in [0.25, 0.3) is 0 Å². The summed E-state index contributed by atoms with van der Waals surface area (Å²) in [5, 5.41) is 10.5. The molecule has 7 nitrogen and oxygen atoms in total. The Morgan fingerprint density at radius 3 is 2.71 bits per heavy atom. The number of rotatable bonds is 2. The second-order valence-electron chi connectivity index (χ2n) is 2.28. The molecule has 0 spiro atoms. The molecule has 4 N–H and O–H groups in total. The van der Waals surface area contributed by atoms with E-state index in [-0.39, 0.29) is 22.4 Å². The summed E-state index contributed by atoms with van der Waals surface area (Å²) in [4.78, 5) is 16.9. The molecule has 0 unspecified atom stereocenters. The maximum absolute atomic E-state index is 10.5. The number of pyridine rings is 1. The van der Waals surface area contributed by atoms with Gasteiger partial charge < -0.3 is 11.5 Å². The molecule has 0 saturated carbocycles. The van der Waals surface area contributed by atoms with Gasteiger partial charge in [-0.05, 0) is 0 Å². The first kappa shape index (κ1) is 10.2. The average Bonchev–Trinajstić information content (AvgIpc) is 2.07. The molecule has 74 valence electrons. The lowest BCUT2D eigenvalue weighted by Gasteiger charge is -1.98. The topological polar surface area (TPSA) is 120 Å². The average molecular weight is 216 g/mol. The third kappa shape index (κ3) is 2.07. The van der Waals surface area contributed by atoms with Crippen LogP contribution >= 0.6 is 11.6 Å². The number of nitrogens with two attached hydrogens (primary N) is 2. The lowest BCUT2D eigenvalue weighted by atomic mass is 10.3. The molecule has 0 saturated heterocycles. The molecule has 14 heavy (non-hydrogen) atoms. The standard InChI is InChI=1S/C6H6ClN5O2/c7-3-1-10-2-4(12(13)14)5(3)11-6(8)9/h1-2H,(H4,8,9,10,11). The Morgan fingerprint density at radius 1 is 1.57 bits per heavy atom. The van der Waals surface area contributed by atoms with Gasteiger partial charge in [0.1, 0.15) is 6.20 Å². The Hall–Kier alpha value is -1.89. The first-order valence-corrected chi connectivity index (χ1v) is 3.77. The second-order valence-corrected chi connectivity index (χ2v) is 2.69. The highest BCUT2D eigenvalue weighted by molar-refractivity contribution is 6.33. The van der Waals surface area contributed by atoms with Crippen LogP contribution in [0.5, 0.6) is 0 Å². The van der Waals surface area contributed by atoms with Crippen molar-refractivity contribution in [1.82, 2.24) is 4.98 Å². The van der Waals surface area contributed by atoms with Gasteiger partial charge in [-0.25, -0.2) is 4.99 Å². The van der Waals surface area contributed by atoms with Crippen LogP contribution in [0.4, 0.5) is 11.4 Å². The van der Waals surface area contributed by atoms with E-state index < -0.39 is 4.92 Å². The molecule has 1 aromatic rings. The molecule has 0 radical (unpaired) electrons. The number of aliphatic imine (C=N–C) groups is 1. The van der Waals surface area contributed by atoms with Crippen molar-refractivity contribution in [3.05, 3.63) is 27.5 Å². The zero-order valence-electron chi connectivity index (χ0n) is 6.85. The minimum absolute atomic E-state index is 0.0209. The smallest absolute Gasteiger partial charge is 0.314 e. The summed E-state index contributed by atoms with van der Waals surface area (Å²) in [6, 6.07) is 0. The summed E-state index contributed by atoms with van der Waals surface area (Å²) in [7, 11) is 0. The van der Waals surface area contributed by atoms with Crippen LogP contribution in [0.15, 0.2) is 17.4 Å². The lowest BCUT2D eigenvalue weighted by Crippen LogP contribution is -2.22. The van der Waals surface area contributed by atoms with E-state index in [1.54, 1.807) is 0 Å². The van der Waals surface area contributed by atoms with E-state index in [4.69, 9.17) is 23.1 Å². The van der Waals surface area contributed by atoms with Crippen LogP contribution in [0.2, 0.25) is 5.02 Å². The van der Waals surface area contributed by atoms with Crippen LogP contribution in [-0.2, 0) is 0 Å². The van der Waals surface area contributed by atoms with Gasteiger partial charge in [-0.2, -0.15) is 0 Å². The molecule has 0 bridgehead atoms. The summed E-state index contributed by atoms with van der Waals surface area (Å²) in [5.41, 5.74) is 9.74. The highest BCUT2D eigenvalue weighted by Crippen LogP contribution is 2.33. The van der Waals surface area contributed by atoms with Crippen LogP contribution in [-0.4, -0.2) is 15.9 Å². The molecule has 0 fully saturated rings. The Balaban J connectivity index is 3.37. The van der Waals surface area contributed by atoms with Crippen molar-refractivity contribution >= 4 is 28.9 Å². The number of aromatic nitrogens is 1. The van der Waals surface area contributed by atoms with Crippen LogP contribution in [0, 0.1) is 10.1 Å². The summed E-state index contributed by atoms with van der Waals surface area (Å²) in [6.45, 7) is 0. The molecule has 0 aliphatic rings. The fourth-order valence-electron chi connectivity index (χ4n) is 0.791. The molecular weight excluding hydrogens is 210 g/mol. The zero-order valence-corrected chi connectivity index (χ0v) is 7.60. The fraction of sp³-hybridized carbons (Fsp3) is 0. The summed E-state index contributed by atoms with van der Waals surface area (Å²) >= 11 is 5.63. The molecule has 0 aliphatic carbocycles. The van der Waals surface area contributed by atoms with E-state index in [2.05, 4.69) is 9.98 Å². The van der Waals surface area contributed by atoms with Gasteiger partial charge in [-0.15, -0.1) is 0 Å². The van der Waals surface area contributed by atoms with Gasteiger partial charge in [0.05, 0.1) is 9.95 Å². The third-order valence-electron chi connectivity index (χ3n) is 1.29. The minimum Gasteiger partial charge on any atom is -0.370 e. The summed E-state index contributed by atoms with van der Waals surface area (Å²) in [6.07, 6.45) is 2.24. The molecule has 0 aliphatic heterocycles. The van der Waals surface area contributed by atoms with Gasteiger partial charge >= 0.3 is 5.69 Å². The van der Waals surface area contributed by atoms with Crippen LogP contribution in [0.1, 0.15) is 0 Å². The second kappa shape index (κ2) is 3.88. The number of hydrogen-bond donors (Lipinski definition) is 2.